The molecule has 1 aliphatic carbocycles. The summed E-state index contributed by atoms with van der Waals surface area (Å²) >= 11 is 0. The van der Waals surface area contributed by atoms with Crippen molar-refractivity contribution in [2.75, 3.05) is 25.6 Å². The van der Waals surface area contributed by atoms with Crippen LogP contribution in [0.15, 0.2) is 59.5 Å². The van der Waals surface area contributed by atoms with E-state index in [1.165, 1.54) is 62.0 Å². The number of anilines is 1. The highest BCUT2D eigenvalue weighted by molar-refractivity contribution is 7.92. The summed E-state index contributed by atoms with van der Waals surface area (Å²) in [6, 6.07) is 11.8. The summed E-state index contributed by atoms with van der Waals surface area (Å²) < 4.78 is 75.3. The molecule has 0 spiro atoms. The van der Waals surface area contributed by atoms with Crippen LogP contribution in [0.3, 0.4) is 0 Å². The molecule has 0 amide bonds. The lowest BCUT2D eigenvalue weighted by Crippen LogP contribution is -2.48. The maximum atomic E-state index is 14.6. The maximum absolute atomic E-state index is 14.6. The van der Waals surface area contributed by atoms with Crippen LogP contribution in [0.1, 0.15) is 30.4 Å². The molecule has 1 fully saturated rings. The van der Waals surface area contributed by atoms with Crippen molar-refractivity contribution in [3.8, 4) is 17.2 Å². The van der Waals surface area contributed by atoms with Crippen molar-refractivity contribution >= 4 is 28.1 Å². The van der Waals surface area contributed by atoms with Crippen LogP contribution in [0.5, 0.6) is 17.2 Å². The first-order valence-electron chi connectivity index (χ1n) is 11.8. The van der Waals surface area contributed by atoms with Gasteiger partial charge in [0, 0.05) is 24.1 Å². The van der Waals surface area contributed by atoms with Gasteiger partial charge in [0.15, 0.2) is 11.5 Å². The van der Waals surface area contributed by atoms with Crippen molar-refractivity contribution < 1.29 is 31.4 Å². The second kappa shape index (κ2) is 12.2. The minimum absolute atomic E-state index is 0. The van der Waals surface area contributed by atoms with Crippen LogP contribution in [0.2, 0.25) is 0 Å². The number of para-hydroxylation sites is 1. The zero-order valence-corrected chi connectivity index (χ0v) is 23.0. The molecule has 206 valence electrons. The van der Waals surface area contributed by atoms with Gasteiger partial charge < -0.3 is 19.9 Å². The predicted molar refractivity (Wildman–Crippen MR) is 144 cm³/mol. The number of sulfonamides is 1. The van der Waals surface area contributed by atoms with E-state index in [0.717, 1.165) is 6.42 Å². The molecule has 0 heterocycles. The summed E-state index contributed by atoms with van der Waals surface area (Å²) in [6.07, 6.45) is 1.69. The lowest BCUT2D eigenvalue weighted by molar-refractivity contribution is 0.354. The Hall–Kier alpha value is -3.08. The summed E-state index contributed by atoms with van der Waals surface area (Å²) in [5, 5.41) is 0. The van der Waals surface area contributed by atoms with Gasteiger partial charge in [-0.3, -0.25) is 4.31 Å². The summed E-state index contributed by atoms with van der Waals surface area (Å²) in [6.45, 7) is 0. The number of ether oxygens (including phenoxy) is 3. The summed E-state index contributed by atoms with van der Waals surface area (Å²) in [5.74, 6) is -0.579. The van der Waals surface area contributed by atoms with Crippen LogP contribution in [0.4, 0.5) is 14.5 Å². The van der Waals surface area contributed by atoms with Crippen LogP contribution >= 0.6 is 12.4 Å². The molecule has 3 aromatic carbocycles. The quantitative estimate of drug-likeness (QED) is 0.387. The molecule has 2 N–H and O–H groups in total. The van der Waals surface area contributed by atoms with Crippen LogP contribution in [0, 0.1) is 11.6 Å². The minimum atomic E-state index is -4.25. The Morgan fingerprint density at radius 1 is 0.895 bits per heavy atom. The normalized spacial score (nSPS) is 17.0. The van der Waals surface area contributed by atoms with E-state index >= 15 is 0 Å². The molecule has 3 aromatic rings. The standard InChI is InChI=1S/C27H30F2N2O5S.ClH/c1-34-24-14-13-18(16-26(24)36-3)37(32,33)31(23-11-6-10-22(23)30)27-17(7-4-12-25(27)35-2)15-19-20(28)8-5-9-21(19)29;/h4-5,7-9,12-14,16,22-23H,6,10-11,15,30H2,1-3H3;1H/t22-,23-;/m0./s1. The van der Waals surface area contributed by atoms with E-state index < -0.39 is 33.7 Å². The smallest absolute Gasteiger partial charge is 0.264 e. The Bertz CT molecular complexity index is 1370. The van der Waals surface area contributed by atoms with Crippen molar-refractivity contribution in [1.29, 1.82) is 0 Å². The molecule has 0 radical (unpaired) electrons. The van der Waals surface area contributed by atoms with Crippen molar-refractivity contribution in [3.63, 3.8) is 0 Å². The molecular weight excluding hydrogens is 538 g/mol. The number of rotatable bonds is 9. The number of benzene rings is 3. The highest BCUT2D eigenvalue weighted by atomic mass is 35.5. The molecular formula is C27H31ClF2N2O5S. The summed E-state index contributed by atoms with van der Waals surface area (Å²) in [7, 11) is 0.0474. The second-order valence-corrected chi connectivity index (χ2v) is 10.6. The fourth-order valence-electron chi connectivity index (χ4n) is 4.83. The Kier molecular flexibility index (Phi) is 9.45. The second-order valence-electron chi connectivity index (χ2n) is 8.82. The van der Waals surface area contributed by atoms with Gasteiger partial charge in [-0.25, -0.2) is 17.2 Å². The molecule has 0 bridgehead atoms. The zero-order chi connectivity index (χ0) is 26.7. The van der Waals surface area contributed by atoms with Crippen LogP contribution in [-0.4, -0.2) is 41.8 Å². The highest BCUT2D eigenvalue weighted by Crippen LogP contribution is 2.42. The van der Waals surface area contributed by atoms with Crippen LogP contribution < -0.4 is 24.2 Å². The van der Waals surface area contributed by atoms with Gasteiger partial charge in [0.25, 0.3) is 10.0 Å². The third-order valence-corrected chi connectivity index (χ3v) is 8.52. The van der Waals surface area contributed by atoms with E-state index in [2.05, 4.69) is 0 Å². The van der Waals surface area contributed by atoms with Crippen LogP contribution in [0.25, 0.3) is 0 Å². The number of nitrogens with zero attached hydrogens (tertiary/aromatic N) is 1. The lowest BCUT2D eigenvalue weighted by Gasteiger charge is -2.35. The van der Waals surface area contributed by atoms with Crippen molar-refractivity contribution in [1.82, 2.24) is 0 Å². The average molecular weight is 569 g/mol. The molecule has 0 unspecified atom stereocenters. The molecule has 4 rings (SSSR count). The third-order valence-electron chi connectivity index (χ3n) is 6.70. The van der Waals surface area contributed by atoms with Gasteiger partial charge in [0.05, 0.1) is 38.0 Å². The first-order valence-corrected chi connectivity index (χ1v) is 13.3. The van der Waals surface area contributed by atoms with E-state index in [4.69, 9.17) is 19.9 Å². The van der Waals surface area contributed by atoms with Crippen LogP contribution in [-0.2, 0) is 16.4 Å². The van der Waals surface area contributed by atoms with E-state index in [1.807, 2.05) is 0 Å². The number of hydrogen-bond acceptors (Lipinski definition) is 6. The highest BCUT2D eigenvalue weighted by Gasteiger charge is 2.40. The van der Waals surface area contributed by atoms with E-state index in [0.29, 0.717) is 24.2 Å². The fraction of sp³-hybridized carbons (Fsp3) is 0.333. The Labute approximate surface area is 228 Å². The number of hydrogen-bond donors (Lipinski definition) is 1. The van der Waals surface area contributed by atoms with Crippen molar-refractivity contribution in [2.45, 2.75) is 42.7 Å². The van der Waals surface area contributed by atoms with E-state index in [9.17, 15) is 17.2 Å². The third kappa shape index (κ3) is 5.52. The molecule has 0 aromatic heterocycles. The monoisotopic (exact) mass is 568 g/mol. The molecule has 2 atom stereocenters. The lowest BCUT2D eigenvalue weighted by atomic mass is 10.0. The molecule has 0 saturated heterocycles. The molecule has 0 aliphatic heterocycles. The van der Waals surface area contributed by atoms with Gasteiger partial charge in [0.2, 0.25) is 0 Å². The van der Waals surface area contributed by atoms with Crippen molar-refractivity contribution in [2.24, 2.45) is 5.73 Å². The predicted octanol–water partition coefficient (Wildman–Crippen LogP) is 5.08. The Morgan fingerprint density at radius 2 is 1.53 bits per heavy atom. The van der Waals surface area contributed by atoms with E-state index in [1.54, 1.807) is 18.2 Å². The first kappa shape index (κ1) is 29.5. The van der Waals surface area contributed by atoms with Crippen molar-refractivity contribution in [3.05, 3.63) is 77.4 Å². The number of methoxy groups -OCH3 is 3. The van der Waals surface area contributed by atoms with Gasteiger partial charge >= 0.3 is 0 Å². The summed E-state index contributed by atoms with van der Waals surface area (Å²) in [4.78, 5) is -0.0434. The minimum Gasteiger partial charge on any atom is -0.495 e. The fourth-order valence-corrected chi connectivity index (χ4v) is 6.62. The first-order chi connectivity index (χ1) is 17.7. The van der Waals surface area contributed by atoms with Gasteiger partial charge in [-0.15, -0.1) is 12.4 Å². The largest absolute Gasteiger partial charge is 0.495 e. The Balaban J connectivity index is 0.00000400. The average Bonchev–Trinajstić information content (AvgIpc) is 3.31. The summed E-state index contributed by atoms with van der Waals surface area (Å²) in [5.41, 5.74) is 6.83. The Morgan fingerprint density at radius 3 is 2.11 bits per heavy atom. The number of nitrogens with two attached hydrogens (primary N) is 1. The van der Waals surface area contributed by atoms with E-state index in [-0.39, 0.29) is 46.5 Å². The molecule has 7 nitrogen and oxygen atoms in total. The molecule has 1 saturated carbocycles. The zero-order valence-electron chi connectivity index (χ0n) is 21.3. The van der Waals surface area contributed by atoms with Gasteiger partial charge in [-0.1, -0.05) is 18.2 Å². The topological polar surface area (TPSA) is 91.1 Å². The van der Waals surface area contributed by atoms with Gasteiger partial charge in [-0.2, -0.15) is 0 Å². The SMILES string of the molecule is COc1ccc(S(=O)(=O)N(c2c(Cc3c(F)cccc3F)cccc2OC)[C@H]2CCC[C@@H]2N)cc1OC.Cl. The van der Waals surface area contributed by atoms with Gasteiger partial charge in [-0.05, 0) is 55.2 Å². The molecule has 38 heavy (non-hydrogen) atoms. The maximum Gasteiger partial charge on any atom is 0.264 e. The molecule has 1 aliphatic rings. The number of halogens is 3. The van der Waals surface area contributed by atoms with Gasteiger partial charge in [0.1, 0.15) is 17.4 Å². The molecule has 11 heteroatoms.